The molecule has 2 aromatic carbocycles. The standard InChI is InChI=1S/C22H23ClF3N3O2/c23-18-4-6-19(7-5-18)29-20(16-2-1-3-17(14-16)22(24,25)26)15-28(21(29)30)9-8-27-10-12-31-13-11-27/h1-7,14,20H,8-13,15H2. The van der Waals surface area contributed by atoms with Crippen LogP contribution >= 0.6 is 11.6 Å². The first-order valence-electron chi connectivity index (χ1n) is 10.1. The molecule has 0 N–H and O–H groups in total. The highest BCUT2D eigenvalue weighted by Crippen LogP contribution is 2.37. The van der Waals surface area contributed by atoms with Gasteiger partial charge in [0, 0.05) is 43.4 Å². The van der Waals surface area contributed by atoms with Gasteiger partial charge in [-0.2, -0.15) is 13.2 Å². The van der Waals surface area contributed by atoms with Gasteiger partial charge in [0.25, 0.3) is 0 Å². The van der Waals surface area contributed by atoms with Gasteiger partial charge in [0.2, 0.25) is 0 Å². The van der Waals surface area contributed by atoms with E-state index in [1.165, 1.54) is 6.07 Å². The number of urea groups is 1. The zero-order chi connectivity index (χ0) is 22.0. The van der Waals surface area contributed by atoms with E-state index in [4.69, 9.17) is 16.3 Å². The molecule has 2 saturated heterocycles. The zero-order valence-corrected chi connectivity index (χ0v) is 17.6. The first-order valence-corrected chi connectivity index (χ1v) is 10.5. The van der Waals surface area contributed by atoms with Gasteiger partial charge >= 0.3 is 12.2 Å². The number of hydrogen-bond donors (Lipinski definition) is 0. The smallest absolute Gasteiger partial charge is 0.379 e. The second-order valence-corrected chi connectivity index (χ2v) is 8.10. The van der Waals surface area contributed by atoms with Crippen LogP contribution < -0.4 is 4.90 Å². The van der Waals surface area contributed by atoms with Crippen molar-refractivity contribution >= 4 is 23.3 Å². The van der Waals surface area contributed by atoms with E-state index in [9.17, 15) is 18.0 Å². The van der Waals surface area contributed by atoms with Crippen LogP contribution in [0.3, 0.4) is 0 Å². The molecule has 0 spiro atoms. The number of alkyl halides is 3. The average molecular weight is 454 g/mol. The Morgan fingerprint density at radius 2 is 1.74 bits per heavy atom. The fourth-order valence-electron chi connectivity index (χ4n) is 4.00. The minimum Gasteiger partial charge on any atom is -0.379 e. The van der Waals surface area contributed by atoms with E-state index in [-0.39, 0.29) is 6.03 Å². The van der Waals surface area contributed by atoms with Crippen LogP contribution in [0.1, 0.15) is 17.2 Å². The molecule has 0 aromatic heterocycles. The summed E-state index contributed by atoms with van der Waals surface area (Å²) >= 11 is 5.99. The molecule has 31 heavy (non-hydrogen) atoms. The number of rotatable bonds is 5. The van der Waals surface area contributed by atoms with Crippen LogP contribution in [-0.4, -0.2) is 61.8 Å². The molecular formula is C22H23ClF3N3O2. The minimum absolute atomic E-state index is 0.224. The van der Waals surface area contributed by atoms with Crippen molar-refractivity contribution in [1.29, 1.82) is 0 Å². The summed E-state index contributed by atoms with van der Waals surface area (Å²) < 4.78 is 45.2. The summed E-state index contributed by atoms with van der Waals surface area (Å²) in [6.45, 7) is 4.44. The number of benzene rings is 2. The predicted molar refractivity (Wildman–Crippen MR) is 112 cm³/mol. The molecule has 9 heteroatoms. The van der Waals surface area contributed by atoms with Crippen LogP contribution in [-0.2, 0) is 10.9 Å². The van der Waals surface area contributed by atoms with Crippen LogP contribution in [0, 0.1) is 0 Å². The molecule has 0 saturated carbocycles. The Labute approximate surface area is 183 Å². The van der Waals surface area contributed by atoms with Gasteiger partial charge in [0.05, 0.1) is 24.8 Å². The maximum absolute atomic E-state index is 13.3. The molecule has 5 nitrogen and oxygen atoms in total. The van der Waals surface area contributed by atoms with Gasteiger partial charge in [0.15, 0.2) is 0 Å². The van der Waals surface area contributed by atoms with Crippen molar-refractivity contribution in [2.75, 3.05) is 50.8 Å². The van der Waals surface area contributed by atoms with Gasteiger partial charge in [-0.1, -0.05) is 23.7 Å². The first kappa shape index (κ1) is 21.9. The molecule has 2 aliphatic heterocycles. The maximum atomic E-state index is 13.3. The molecule has 2 aliphatic rings. The van der Waals surface area contributed by atoms with Crippen molar-refractivity contribution in [3.8, 4) is 0 Å². The minimum atomic E-state index is -4.44. The second-order valence-electron chi connectivity index (χ2n) is 7.67. The highest BCUT2D eigenvalue weighted by Gasteiger charge is 2.40. The van der Waals surface area contributed by atoms with E-state index in [2.05, 4.69) is 4.90 Å². The number of ether oxygens (including phenoxy) is 1. The Balaban J connectivity index is 1.61. The third-order valence-corrected chi connectivity index (χ3v) is 5.93. The second kappa shape index (κ2) is 9.06. The van der Waals surface area contributed by atoms with Crippen molar-refractivity contribution < 1.29 is 22.7 Å². The van der Waals surface area contributed by atoms with Crippen LogP contribution in [0.5, 0.6) is 0 Å². The van der Waals surface area contributed by atoms with Crippen LogP contribution in [0.4, 0.5) is 23.7 Å². The normalized spacial score (nSPS) is 20.5. The number of amides is 2. The largest absolute Gasteiger partial charge is 0.416 e. The van der Waals surface area contributed by atoms with Gasteiger partial charge in [0.1, 0.15) is 0 Å². The molecule has 2 aromatic rings. The van der Waals surface area contributed by atoms with Crippen molar-refractivity contribution in [2.45, 2.75) is 12.2 Å². The van der Waals surface area contributed by atoms with Crippen LogP contribution in [0.2, 0.25) is 5.02 Å². The number of anilines is 1. The SMILES string of the molecule is O=C1N(CCN2CCOCC2)CC(c2cccc(C(F)(F)F)c2)N1c1ccc(Cl)cc1. The Bertz CT molecular complexity index is 917. The molecule has 1 atom stereocenters. The number of nitrogens with zero attached hydrogens (tertiary/aromatic N) is 3. The topological polar surface area (TPSA) is 36.0 Å². The van der Waals surface area contributed by atoms with E-state index in [0.29, 0.717) is 49.1 Å². The average Bonchev–Trinajstić information content (AvgIpc) is 3.09. The van der Waals surface area contributed by atoms with E-state index in [1.807, 2.05) is 0 Å². The fraction of sp³-hybridized carbons (Fsp3) is 0.409. The lowest BCUT2D eigenvalue weighted by molar-refractivity contribution is -0.137. The lowest BCUT2D eigenvalue weighted by Gasteiger charge is -2.28. The summed E-state index contributed by atoms with van der Waals surface area (Å²) in [6, 6.07) is 11.2. The number of halogens is 4. The van der Waals surface area contributed by atoms with Gasteiger partial charge in [-0.15, -0.1) is 0 Å². The summed E-state index contributed by atoms with van der Waals surface area (Å²) in [5, 5.41) is 0.523. The molecule has 0 bridgehead atoms. The molecular weight excluding hydrogens is 431 g/mol. The highest BCUT2D eigenvalue weighted by atomic mass is 35.5. The van der Waals surface area contributed by atoms with Gasteiger partial charge in [-0.3, -0.25) is 9.80 Å². The zero-order valence-electron chi connectivity index (χ0n) is 16.8. The van der Waals surface area contributed by atoms with Crippen LogP contribution in [0.15, 0.2) is 48.5 Å². The van der Waals surface area contributed by atoms with Gasteiger partial charge in [-0.05, 0) is 42.0 Å². The van der Waals surface area contributed by atoms with Crippen LogP contribution in [0.25, 0.3) is 0 Å². The number of morpholine rings is 1. The highest BCUT2D eigenvalue weighted by molar-refractivity contribution is 6.30. The lowest BCUT2D eigenvalue weighted by atomic mass is 10.0. The van der Waals surface area contributed by atoms with E-state index >= 15 is 0 Å². The molecule has 2 amide bonds. The maximum Gasteiger partial charge on any atom is 0.416 e. The Morgan fingerprint density at radius 1 is 1.03 bits per heavy atom. The quantitative estimate of drug-likeness (QED) is 0.660. The third-order valence-electron chi connectivity index (χ3n) is 5.67. The van der Waals surface area contributed by atoms with E-state index in [0.717, 1.165) is 25.2 Å². The Hall–Kier alpha value is -2.29. The van der Waals surface area contributed by atoms with Crippen molar-refractivity contribution in [1.82, 2.24) is 9.80 Å². The van der Waals surface area contributed by atoms with Crippen molar-refractivity contribution in [3.63, 3.8) is 0 Å². The fourth-order valence-corrected chi connectivity index (χ4v) is 4.12. The Morgan fingerprint density at radius 3 is 2.42 bits per heavy atom. The third kappa shape index (κ3) is 4.97. The monoisotopic (exact) mass is 453 g/mol. The molecule has 0 aliphatic carbocycles. The molecule has 1 unspecified atom stereocenters. The molecule has 166 valence electrons. The lowest BCUT2D eigenvalue weighted by Crippen LogP contribution is -2.42. The van der Waals surface area contributed by atoms with Crippen molar-refractivity contribution in [2.24, 2.45) is 0 Å². The van der Waals surface area contributed by atoms with Gasteiger partial charge in [-0.25, -0.2) is 4.79 Å². The summed E-state index contributed by atoms with van der Waals surface area (Å²) in [5.74, 6) is 0. The summed E-state index contributed by atoms with van der Waals surface area (Å²) in [5.41, 5.74) is 0.331. The van der Waals surface area contributed by atoms with E-state index < -0.39 is 17.8 Å². The van der Waals surface area contributed by atoms with E-state index in [1.54, 1.807) is 40.1 Å². The van der Waals surface area contributed by atoms with Gasteiger partial charge < -0.3 is 9.64 Å². The summed E-state index contributed by atoms with van der Waals surface area (Å²) in [7, 11) is 0. The predicted octanol–water partition coefficient (Wildman–Crippen LogP) is 4.67. The molecule has 4 rings (SSSR count). The molecule has 2 heterocycles. The first-order chi connectivity index (χ1) is 14.8. The molecule has 0 radical (unpaired) electrons. The number of carbonyl (C=O) groups excluding carboxylic acids is 1. The van der Waals surface area contributed by atoms with Crippen molar-refractivity contribution in [3.05, 3.63) is 64.7 Å². The summed E-state index contributed by atoms with van der Waals surface area (Å²) in [6.07, 6.45) is -4.44. The summed E-state index contributed by atoms with van der Waals surface area (Å²) in [4.78, 5) is 18.8. The molecule has 2 fully saturated rings. The number of hydrogen-bond acceptors (Lipinski definition) is 3. The number of carbonyl (C=O) groups is 1. The Kier molecular flexibility index (Phi) is 6.41.